The first kappa shape index (κ1) is 18.7. The molecule has 4 heteroatoms. The molecule has 0 atom stereocenters. The van der Waals surface area contributed by atoms with Gasteiger partial charge in [0.05, 0.1) is 25.4 Å². The number of fused-ring (bicyclic) bond motifs is 1. The number of allylic oxidation sites excluding steroid dienone is 8. The SMILES string of the molecule is COC(=O)C1=C(C(=O)OC)C2=C(C)C=C(C)C=C(C)C2=C(C)C=C1C. The highest BCUT2D eigenvalue weighted by molar-refractivity contribution is 6.08. The van der Waals surface area contributed by atoms with Crippen LogP contribution in [0.15, 0.2) is 68.4 Å². The number of carbonyl (C=O) groups excluding carboxylic acids is 2. The maximum atomic E-state index is 12.7. The van der Waals surface area contributed by atoms with Gasteiger partial charge < -0.3 is 9.47 Å². The molecule has 2 aliphatic rings. The van der Waals surface area contributed by atoms with Crippen LogP contribution < -0.4 is 0 Å². The lowest BCUT2D eigenvalue weighted by molar-refractivity contribution is -0.138. The third-order valence-electron chi connectivity index (χ3n) is 4.43. The van der Waals surface area contributed by atoms with Crippen molar-refractivity contribution in [2.24, 2.45) is 0 Å². The molecule has 0 aromatic rings. The van der Waals surface area contributed by atoms with Crippen molar-refractivity contribution in [1.82, 2.24) is 0 Å². The Hall–Kier alpha value is -2.62. The highest BCUT2D eigenvalue weighted by Crippen LogP contribution is 2.40. The number of hydrogen-bond acceptors (Lipinski definition) is 4. The van der Waals surface area contributed by atoms with Crippen LogP contribution in [-0.4, -0.2) is 26.2 Å². The van der Waals surface area contributed by atoms with Gasteiger partial charge in [-0.15, -0.1) is 0 Å². The lowest BCUT2D eigenvalue weighted by Gasteiger charge is -2.18. The van der Waals surface area contributed by atoms with E-state index >= 15 is 0 Å². The highest BCUT2D eigenvalue weighted by atomic mass is 16.5. The van der Waals surface area contributed by atoms with Crippen molar-refractivity contribution >= 4 is 11.9 Å². The second-order valence-electron chi connectivity index (χ2n) is 6.39. The van der Waals surface area contributed by atoms with Crippen molar-refractivity contribution in [1.29, 1.82) is 0 Å². The van der Waals surface area contributed by atoms with Gasteiger partial charge in [-0.2, -0.15) is 0 Å². The van der Waals surface area contributed by atoms with E-state index in [1.54, 1.807) is 6.92 Å². The molecule has 0 spiro atoms. The smallest absolute Gasteiger partial charge is 0.339 e. The molecule has 0 N–H and O–H groups in total. The monoisotopic (exact) mass is 340 g/mol. The molecule has 0 unspecified atom stereocenters. The molecule has 0 saturated heterocycles. The minimum atomic E-state index is -0.546. The Morgan fingerprint density at radius 1 is 0.680 bits per heavy atom. The maximum Gasteiger partial charge on any atom is 0.339 e. The van der Waals surface area contributed by atoms with Crippen LogP contribution in [0.25, 0.3) is 0 Å². The first-order valence-corrected chi connectivity index (χ1v) is 8.12. The standard InChI is InChI=1S/C21H24O4/c1-11-8-12(2)16-14(4)10-15(5)18(20(22)24-6)19(21(23)25-7)17(16)13(3)9-11/h8-10H,1-7H3. The van der Waals surface area contributed by atoms with E-state index in [1.165, 1.54) is 14.2 Å². The zero-order valence-electron chi connectivity index (χ0n) is 15.9. The highest BCUT2D eigenvalue weighted by Gasteiger charge is 2.33. The second kappa shape index (κ2) is 7.09. The summed E-state index contributed by atoms with van der Waals surface area (Å²) in [5.41, 5.74) is 6.88. The van der Waals surface area contributed by atoms with E-state index in [9.17, 15) is 9.59 Å². The first-order valence-electron chi connectivity index (χ1n) is 8.12. The van der Waals surface area contributed by atoms with Gasteiger partial charge in [0, 0.05) is 5.57 Å². The normalized spacial score (nSPS) is 18.0. The molecule has 0 aliphatic heterocycles. The molecule has 0 bridgehead atoms. The Kier molecular flexibility index (Phi) is 5.31. The molecule has 132 valence electrons. The average molecular weight is 340 g/mol. The molecule has 4 nitrogen and oxygen atoms in total. The van der Waals surface area contributed by atoms with Gasteiger partial charge in [-0.05, 0) is 62.5 Å². The van der Waals surface area contributed by atoms with E-state index < -0.39 is 11.9 Å². The van der Waals surface area contributed by atoms with E-state index in [0.717, 1.165) is 33.4 Å². The summed E-state index contributed by atoms with van der Waals surface area (Å²) >= 11 is 0. The van der Waals surface area contributed by atoms with Gasteiger partial charge in [-0.25, -0.2) is 9.59 Å². The van der Waals surface area contributed by atoms with E-state index in [0.29, 0.717) is 5.57 Å². The van der Waals surface area contributed by atoms with Crippen LogP contribution in [0.4, 0.5) is 0 Å². The molecule has 0 radical (unpaired) electrons. The van der Waals surface area contributed by atoms with Crippen LogP contribution in [-0.2, 0) is 19.1 Å². The van der Waals surface area contributed by atoms with E-state index in [4.69, 9.17) is 9.47 Å². The minimum absolute atomic E-state index is 0.249. The summed E-state index contributed by atoms with van der Waals surface area (Å²) in [6.45, 7) is 9.76. The van der Waals surface area contributed by atoms with Crippen molar-refractivity contribution in [2.75, 3.05) is 14.2 Å². The van der Waals surface area contributed by atoms with Crippen LogP contribution in [0.1, 0.15) is 34.6 Å². The van der Waals surface area contributed by atoms with Crippen LogP contribution in [0, 0.1) is 0 Å². The second-order valence-corrected chi connectivity index (χ2v) is 6.39. The number of hydrogen-bond donors (Lipinski definition) is 0. The predicted molar refractivity (Wildman–Crippen MR) is 97.7 cm³/mol. The lowest BCUT2D eigenvalue weighted by Crippen LogP contribution is -2.18. The summed E-state index contributed by atoms with van der Waals surface area (Å²) in [4.78, 5) is 25.2. The minimum Gasteiger partial charge on any atom is -0.465 e. The van der Waals surface area contributed by atoms with Crippen molar-refractivity contribution in [3.8, 4) is 0 Å². The van der Waals surface area contributed by atoms with Crippen LogP contribution >= 0.6 is 0 Å². The summed E-state index contributed by atoms with van der Waals surface area (Å²) in [6, 6.07) is 0. The number of rotatable bonds is 2. The van der Waals surface area contributed by atoms with Gasteiger partial charge in [0.1, 0.15) is 0 Å². The topological polar surface area (TPSA) is 52.6 Å². The molecule has 0 fully saturated rings. The van der Waals surface area contributed by atoms with E-state index in [1.807, 2.05) is 39.8 Å². The van der Waals surface area contributed by atoms with Crippen LogP contribution in [0.3, 0.4) is 0 Å². The van der Waals surface area contributed by atoms with Gasteiger partial charge >= 0.3 is 11.9 Å². The molecule has 25 heavy (non-hydrogen) atoms. The fourth-order valence-corrected chi connectivity index (χ4v) is 3.56. The van der Waals surface area contributed by atoms with Crippen molar-refractivity contribution < 1.29 is 19.1 Å². The van der Waals surface area contributed by atoms with Crippen molar-refractivity contribution in [2.45, 2.75) is 34.6 Å². The van der Waals surface area contributed by atoms with Crippen LogP contribution in [0.2, 0.25) is 0 Å². The summed E-state index contributed by atoms with van der Waals surface area (Å²) in [5.74, 6) is -1.09. The molecule has 2 aliphatic carbocycles. The fourth-order valence-electron chi connectivity index (χ4n) is 3.56. The molecular weight excluding hydrogens is 316 g/mol. The maximum absolute atomic E-state index is 12.7. The zero-order valence-corrected chi connectivity index (χ0v) is 15.9. The Balaban J connectivity index is 3.03. The predicted octanol–water partition coefficient (Wildman–Crippen LogP) is 4.13. The number of ether oxygens (including phenoxy) is 2. The summed E-state index contributed by atoms with van der Waals surface area (Å²) < 4.78 is 9.98. The van der Waals surface area contributed by atoms with Gasteiger partial charge in [-0.1, -0.05) is 23.8 Å². The van der Waals surface area contributed by atoms with E-state index in [-0.39, 0.29) is 11.1 Å². The number of methoxy groups -OCH3 is 2. The Morgan fingerprint density at radius 2 is 1.20 bits per heavy atom. The van der Waals surface area contributed by atoms with Gasteiger partial charge in [0.25, 0.3) is 0 Å². The number of esters is 2. The Morgan fingerprint density at radius 3 is 1.76 bits per heavy atom. The van der Waals surface area contributed by atoms with Crippen molar-refractivity contribution in [3.63, 3.8) is 0 Å². The molecular formula is C21H24O4. The summed E-state index contributed by atoms with van der Waals surface area (Å²) in [5, 5.41) is 0. The molecule has 0 aromatic carbocycles. The quantitative estimate of drug-likeness (QED) is 0.709. The largest absolute Gasteiger partial charge is 0.465 e. The molecule has 0 amide bonds. The fraction of sp³-hybridized carbons (Fsp3) is 0.333. The molecule has 0 heterocycles. The van der Waals surface area contributed by atoms with Crippen molar-refractivity contribution in [3.05, 3.63) is 68.4 Å². The zero-order chi connectivity index (χ0) is 18.9. The summed E-state index contributed by atoms with van der Waals surface area (Å²) in [6.07, 6.45) is 6.01. The van der Waals surface area contributed by atoms with E-state index in [2.05, 4.69) is 6.08 Å². The Labute approximate surface area is 148 Å². The first-order chi connectivity index (χ1) is 11.7. The number of carbonyl (C=O) groups is 2. The summed E-state index contributed by atoms with van der Waals surface area (Å²) in [7, 11) is 2.63. The van der Waals surface area contributed by atoms with Crippen LogP contribution in [0.5, 0.6) is 0 Å². The average Bonchev–Trinajstić information content (AvgIpc) is 2.73. The van der Waals surface area contributed by atoms with Gasteiger partial charge in [-0.3, -0.25) is 0 Å². The van der Waals surface area contributed by atoms with Gasteiger partial charge in [0.2, 0.25) is 0 Å². The Bertz CT molecular complexity index is 839. The third-order valence-corrected chi connectivity index (χ3v) is 4.43. The van der Waals surface area contributed by atoms with Gasteiger partial charge in [0.15, 0.2) is 0 Å². The third kappa shape index (κ3) is 3.29. The molecule has 0 aromatic heterocycles. The molecule has 0 saturated carbocycles. The molecule has 2 rings (SSSR count). The lowest BCUT2D eigenvalue weighted by atomic mass is 9.86.